The Morgan fingerprint density at radius 2 is 1.83 bits per heavy atom. The molecule has 4 rings (SSSR count). The van der Waals surface area contributed by atoms with Gasteiger partial charge in [-0.3, -0.25) is 9.59 Å². The molecule has 0 saturated heterocycles. The Morgan fingerprint density at radius 3 is 2.52 bits per heavy atom. The topological polar surface area (TPSA) is 57.6 Å². The summed E-state index contributed by atoms with van der Waals surface area (Å²) >= 11 is 0. The largest absolute Gasteiger partial charge is 0.480 e. The molecule has 2 unspecified atom stereocenters. The van der Waals surface area contributed by atoms with Crippen LogP contribution in [0.4, 0.5) is 0 Å². The van der Waals surface area contributed by atoms with Crippen LogP contribution in [-0.2, 0) is 9.59 Å². The fraction of sp³-hybridized carbons (Fsp3) is 0.368. The lowest BCUT2D eigenvalue weighted by Crippen LogP contribution is -2.38. The van der Waals surface area contributed by atoms with E-state index in [0.29, 0.717) is 0 Å². The van der Waals surface area contributed by atoms with E-state index in [2.05, 4.69) is 30.3 Å². The van der Waals surface area contributed by atoms with Crippen LogP contribution in [0, 0.1) is 5.92 Å². The van der Waals surface area contributed by atoms with E-state index >= 15 is 0 Å². The minimum atomic E-state index is -0.923. The van der Waals surface area contributed by atoms with Crippen LogP contribution in [0.5, 0.6) is 0 Å². The third-order valence-electron chi connectivity index (χ3n) is 4.89. The quantitative estimate of drug-likeness (QED) is 0.923. The van der Waals surface area contributed by atoms with Crippen LogP contribution < -0.4 is 0 Å². The molecule has 23 heavy (non-hydrogen) atoms. The minimum Gasteiger partial charge on any atom is -0.480 e. The average Bonchev–Trinajstić information content (AvgIpc) is 3.44. The lowest BCUT2D eigenvalue weighted by molar-refractivity contribution is -0.145. The van der Waals surface area contributed by atoms with Crippen molar-refractivity contribution in [3.63, 3.8) is 0 Å². The van der Waals surface area contributed by atoms with Gasteiger partial charge in [-0.25, -0.2) is 0 Å². The van der Waals surface area contributed by atoms with Crippen LogP contribution in [0.3, 0.4) is 0 Å². The third kappa shape index (κ3) is 2.81. The van der Waals surface area contributed by atoms with Gasteiger partial charge in [0.25, 0.3) is 0 Å². The minimum absolute atomic E-state index is 0.0214. The molecule has 2 aromatic carbocycles. The second-order valence-electron chi connectivity index (χ2n) is 6.65. The summed E-state index contributed by atoms with van der Waals surface area (Å²) in [5.41, 5.74) is 1.19. The molecule has 2 aliphatic carbocycles. The fourth-order valence-corrected chi connectivity index (χ4v) is 3.41. The molecule has 0 aliphatic heterocycles. The molecule has 2 aromatic rings. The first-order valence-corrected chi connectivity index (χ1v) is 8.14. The number of rotatable bonds is 5. The van der Waals surface area contributed by atoms with Crippen LogP contribution >= 0.6 is 0 Å². The van der Waals surface area contributed by atoms with Crippen LogP contribution in [-0.4, -0.2) is 34.5 Å². The molecule has 118 valence electrons. The van der Waals surface area contributed by atoms with Crippen LogP contribution in [0.1, 0.15) is 30.7 Å². The number of carbonyl (C=O) groups is 2. The summed E-state index contributed by atoms with van der Waals surface area (Å²) in [7, 11) is 0. The van der Waals surface area contributed by atoms with E-state index in [4.69, 9.17) is 5.11 Å². The third-order valence-corrected chi connectivity index (χ3v) is 4.89. The molecule has 4 nitrogen and oxygen atoms in total. The number of fused-ring (bicyclic) bond motifs is 1. The first kappa shape index (κ1) is 14.2. The molecule has 2 aliphatic rings. The Morgan fingerprint density at radius 1 is 1.09 bits per heavy atom. The van der Waals surface area contributed by atoms with E-state index in [1.807, 2.05) is 12.1 Å². The van der Waals surface area contributed by atoms with E-state index in [-0.39, 0.29) is 30.3 Å². The Bertz CT molecular complexity index is 781. The number of hydrogen-bond donors (Lipinski definition) is 1. The van der Waals surface area contributed by atoms with Crippen molar-refractivity contribution in [3.05, 3.63) is 48.0 Å². The van der Waals surface area contributed by atoms with Crippen LogP contribution in [0.25, 0.3) is 10.8 Å². The maximum Gasteiger partial charge on any atom is 0.323 e. The molecule has 0 radical (unpaired) electrons. The number of carbonyl (C=O) groups excluding carboxylic acids is 1. The van der Waals surface area contributed by atoms with Crippen LogP contribution in [0.2, 0.25) is 0 Å². The zero-order chi connectivity index (χ0) is 16.0. The van der Waals surface area contributed by atoms with Gasteiger partial charge in [0, 0.05) is 12.0 Å². The van der Waals surface area contributed by atoms with E-state index < -0.39 is 5.97 Å². The van der Waals surface area contributed by atoms with E-state index in [1.165, 1.54) is 16.3 Å². The summed E-state index contributed by atoms with van der Waals surface area (Å²) in [6, 6.07) is 14.7. The highest BCUT2D eigenvalue weighted by Crippen LogP contribution is 2.49. The Labute approximate surface area is 134 Å². The monoisotopic (exact) mass is 309 g/mol. The second-order valence-corrected chi connectivity index (χ2v) is 6.65. The van der Waals surface area contributed by atoms with E-state index in [9.17, 15) is 9.59 Å². The summed E-state index contributed by atoms with van der Waals surface area (Å²) in [4.78, 5) is 25.2. The number of nitrogens with zero attached hydrogens (tertiary/aromatic N) is 1. The van der Waals surface area contributed by atoms with Crippen molar-refractivity contribution in [2.45, 2.75) is 31.2 Å². The number of aliphatic carboxylic acids is 1. The van der Waals surface area contributed by atoms with Crippen molar-refractivity contribution in [2.75, 3.05) is 6.54 Å². The average molecular weight is 309 g/mol. The zero-order valence-electron chi connectivity index (χ0n) is 12.8. The van der Waals surface area contributed by atoms with E-state index in [0.717, 1.165) is 19.3 Å². The first-order valence-electron chi connectivity index (χ1n) is 8.14. The molecule has 1 amide bonds. The molecule has 0 aromatic heterocycles. The van der Waals surface area contributed by atoms with Crippen molar-refractivity contribution < 1.29 is 14.7 Å². The van der Waals surface area contributed by atoms with Crippen molar-refractivity contribution in [3.8, 4) is 0 Å². The molecule has 4 heteroatoms. The molecule has 0 spiro atoms. The molecule has 2 atom stereocenters. The summed E-state index contributed by atoms with van der Waals surface area (Å²) in [5, 5.41) is 11.4. The van der Waals surface area contributed by atoms with Crippen LogP contribution in [0.15, 0.2) is 42.5 Å². The fourth-order valence-electron chi connectivity index (χ4n) is 3.41. The maximum atomic E-state index is 12.6. The Hall–Kier alpha value is -2.36. The molecular weight excluding hydrogens is 290 g/mol. The summed E-state index contributed by atoms with van der Waals surface area (Å²) in [6.07, 6.45) is 2.71. The van der Waals surface area contributed by atoms with Gasteiger partial charge in [-0.15, -0.1) is 0 Å². The van der Waals surface area contributed by atoms with Gasteiger partial charge in [0.15, 0.2) is 0 Å². The molecular formula is C19H19NO3. The highest BCUT2D eigenvalue weighted by atomic mass is 16.4. The lowest BCUT2D eigenvalue weighted by atomic mass is 10.0. The van der Waals surface area contributed by atoms with Gasteiger partial charge in [0.2, 0.25) is 5.91 Å². The molecule has 0 bridgehead atoms. The zero-order valence-corrected chi connectivity index (χ0v) is 12.8. The highest BCUT2D eigenvalue weighted by Gasteiger charge is 2.48. The normalized spacial score (nSPS) is 22.8. The molecule has 2 fully saturated rings. The Kier molecular flexibility index (Phi) is 3.33. The predicted octanol–water partition coefficient (Wildman–Crippen LogP) is 3.02. The SMILES string of the molecule is O=C(O)CN(C(=O)C1CC1c1ccc2ccccc2c1)C1CC1. The summed E-state index contributed by atoms with van der Waals surface area (Å²) < 4.78 is 0. The number of hydrogen-bond acceptors (Lipinski definition) is 2. The van der Waals surface area contributed by atoms with Crippen molar-refractivity contribution in [1.82, 2.24) is 4.90 Å². The van der Waals surface area contributed by atoms with Gasteiger partial charge in [0.1, 0.15) is 6.54 Å². The van der Waals surface area contributed by atoms with Gasteiger partial charge in [0.05, 0.1) is 0 Å². The number of amides is 1. The predicted molar refractivity (Wildman–Crippen MR) is 87.2 cm³/mol. The first-order chi connectivity index (χ1) is 11.1. The highest BCUT2D eigenvalue weighted by molar-refractivity contribution is 5.88. The maximum absolute atomic E-state index is 12.6. The van der Waals surface area contributed by atoms with Gasteiger partial charge < -0.3 is 10.0 Å². The number of carboxylic acid groups (broad SMARTS) is 1. The summed E-state index contributed by atoms with van der Waals surface area (Å²) in [5.74, 6) is -0.709. The van der Waals surface area contributed by atoms with Crippen molar-refractivity contribution >= 4 is 22.6 Å². The second kappa shape index (κ2) is 5.37. The molecule has 1 N–H and O–H groups in total. The lowest BCUT2D eigenvalue weighted by Gasteiger charge is -2.20. The smallest absolute Gasteiger partial charge is 0.323 e. The standard InChI is InChI=1S/C19H19NO3/c21-18(22)11-20(15-7-8-15)19(23)17-10-16(17)14-6-5-12-3-1-2-4-13(12)9-14/h1-6,9,15-17H,7-8,10-11H2,(H,21,22). The van der Waals surface area contributed by atoms with Crippen molar-refractivity contribution in [1.29, 1.82) is 0 Å². The number of carboxylic acids is 1. The summed E-state index contributed by atoms with van der Waals surface area (Å²) in [6.45, 7) is -0.162. The Balaban J connectivity index is 1.51. The molecule has 2 saturated carbocycles. The van der Waals surface area contributed by atoms with Gasteiger partial charge >= 0.3 is 5.97 Å². The van der Waals surface area contributed by atoms with Gasteiger partial charge in [-0.1, -0.05) is 42.5 Å². The molecule has 0 heterocycles. The number of benzene rings is 2. The van der Waals surface area contributed by atoms with Gasteiger partial charge in [-0.2, -0.15) is 0 Å². The van der Waals surface area contributed by atoms with Crippen molar-refractivity contribution in [2.24, 2.45) is 5.92 Å². The van der Waals surface area contributed by atoms with Gasteiger partial charge in [-0.05, 0) is 41.5 Å². The van der Waals surface area contributed by atoms with E-state index in [1.54, 1.807) is 4.90 Å².